The summed E-state index contributed by atoms with van der Waals surface area (Å²) < 4.78 is 21.5. The molecule has 80 valence electrons. The predicted molar refractivity (Wildman–Crippen MR) is 53.5 cm³/mol. The fourth-order valence-corrected chi connectivity index (χ4v) is 1.57. The predicted octanol–water partition coefficient (Wildman–Crippen LogP) is -0.220. The maximum absolute atomic E-state index is 10.7. The summed E-state index contributed by atoms with van der Waals surface area (Å²) in [5.74, 6) is 0.150. The van der Waals surface area contributed by atoms with Gasteiger partial charge in [0.25, 0.3) is 0 Å². The van der Waals surface area contributed by atoms with E-state index in [9.17, 15) is 8.42 Å². The first-order valence-corrected chi connectivity index (χ1v) is 6.46. The molecule has 13 heavy (non-hydrogen) atoms. The van der Waals surface area contributed by atoms with Gasteiger partial charge in [-0.05, 0) is 20.3 Å². The Labute approximate surface area is 80.3 Å². The third kappa shape index (κ3) is 9.79. The molecule has 0 heterocycles. The summed E-state index contributed by atoms with van der Waals surface area (Å²) in [5.41, 5.74) is 0. The third-order valence-electron chi connectivity index (χ3n) is 1.66. The highest BCUT2D eigenvalue weighted by molar-refractivity contribution is 7.90. The van der Waals surface area contributed by atoms with Crippen molar-refractivity contribution in [2.24, 2.45) is 0 Å². The minimum absolute atomic E-state index is 0.150. The molecule has 5 heteroatoms. The van der Waals surface area contributed by atoms with Crippen molar-refractivity contribution in [2.75, 3.05) is 18.6 Å². The lowest BCUT2D eigenvalue weighted by molar-refractivity contribution is 0.171. The first kappa shape index (κ1) is 12.9. The molecule has 4 nitrogen and oxygen atoms in total. The van der Waals surface area contributed by atoms with E-state index in [-0.39, 0.29) is 17.9 Å². The summed E-state index contributed by atoms with van der Waals surface area (Å²) in [6.45, 7) is 4.09. The molecule has 0 amide bonds. The largest absolute Gasteiger partial charge is 0.393 e. The highest BCUT2D eigenvalue weighted by atomic mass is 32.2. The fraction of sp³-hybridized carbons (Fsp3) is 1.00. The molecule has 0 aliphatic carbocycles. The van der Waals surface area contributed by atoms with E-state index >= 15 is 0 Å². The first-order chi connectivity index (χ1) is 5.81. The summed E-state index contributed by atoms with van der Waals surface area (Å²) in [5, 5.41) is 12.1. The van der Waals surface area contributed by atoms with Gasteiger partial charge in [-0.15, -0.1) is 0 Å². The van der Waals surface area contributed by atoms with E-state index in [1.807, 2.05) is 6.92 Å². The molecule has 0 spiro atoms. The zero-order chi connectivity index (χ0) is 10.5. The van der Waals surface area contributed by atoms with Crippen LogP contribution in [-0.4, -0.2) is 44.2 Å². The second-order valence-corrected chi connectivity index (χ2v) is 5.83. The molecule has 0 radical (unpaired) electrons. The van der Waals surface area contributed by atoms with Gasteiger partial charge in [0.05, 0.1) is 11.9 Å². The zero-order valence-corrected chi connectivity index (χ0v) is 9.26. The van der Waals surface area contributed by atoms with E-state index in [2.05, 4.69) is 5.32 Å². The molecule has 0 aliphatic heterocycles. The normalized spacial score (nSPS) is 16.9. The highest BCUT2D eigenvalue weighted by Gasteiger charge is 2.06. The molecular weight excluding hydrogens is 190 g/mol. The third-order valence-corrected chi connectivity index (χ3v) is 2.61. The van der Waals surface area contributed by atoms with E-state index in [1.54, 1.807) is 6.92 Å². The van der Waals surface area contributed by atoms with Gasteiger partial charge in [0, 0.05) is 18.8 Å². The van der Waals surface area contributed by atoms with Gasteiger partial charge in [-0.1, -0.05) is 0 Å². The SMILES string of the molecule is CC(O)CC(C)NCCS(C)(=O)=O. The van der Waals surface area contributed by atoms with Gasteiger partial charge in [-0.3, -0.25) is 0 Å². The van der Waals surface area contributed by atoms with Crippen LogP contribution in [0.3, 0.4) is 0 Å². The van der Waals surface area contributed by atoms with Crippen LogP contribution in [0, 0.1) is 0 Å². The summed E-state index contributed by atoms with van der Waals surface area (Å²) in [6.07, 6.45) is 1.51. The van der Waals surface area contributed by atoms with Crippen LogP contribution in [0.1, 0.15) is 20.3 Å². The number of nitrogens with one attached hydrogen (secondary N) is 1. The van der Waals surface area contributed by atoms with E-state index in [1.165, 1.54) is 6.26 Å². The summed E-state index contributed by atoms with van der Waals surface area (Å²) in [7, 11) is -2.87. The van der Waals surface area contributed by atoms with Gasteiger partial charge in [0.1, 0.15) is 9.84 Å². The molecule has 0 bridgehead atoms. The second-order valence-electron chi connectivity index (χ2n) is 3.57. The van der Waals surface area contributed by atoms with Crippen LogP contribution in [0.5, 0.6) is 0 Å². The molecule has 0 saturated heterocycles. The van der Waals surface area contributed by atoms with Gasteiger partial charge in [0.2, 0.25) is 0 Å². The first-order valence-electron chi connectivity index (χ1n) is 4.40. The Balaban J connectivity index is 3.54. The average molecular weight is 209 g/mol. The Morgan fingerprint density at radius 2 is 1.92 bits per heavy atom. The van der Waals surface area contributed by atoms with Crippen molar-refractivity contribution in [3.05, 3.63) is 0 Å². The molecule has 0 saturated carbocycles. The molecule has 2 unspecified atom stereocenters. The molecular formula is C8H19NO3S. The van der Waals surface area contributed by atoms with Crippen LogP contribution < -0.4 is 5.32 Å². The Hall–Kier alpha value is -0.130. The Kier molecular flexibility index (Phi) is 5.51. The smallest absolute Gasteiger partial charge is 0.148 e. The van der Waals surface area contributed by atoms with Crippen molar-refractivity contribution in [2.45, 2.75) is 32.4 Å². The van der Waals surface area contributed by atoms with Gasteiger partial charge in [-0.2, -0.15) is 0 Å². The lowest BCUT2D eigenvalue weighted by Crippen LogP contribution is -2.32. The molecule has 0 aliphatic rings. The Morgan fingerprint density at radius 3 is 2.31 bits per heavy atom. The van der Waals surface area contributed by atoms with Crippen molar-refractivity contribution in [3.63, 3.8) is 0 Å². The van der Waals surface area contributed by atoms with Crippen LogP contribution in [-0.2, 0) is 9.84 Å². The number of aliphatic hydroxyl groups is 1. The minimum atomic E-state index is -2.87. The highest BCUT2D eigenvalue weighted by Crippen LogP contribution is 1.95. The second kappa shape index (κ2) is 5.57. The summed E-state index contributed by atoms with van der Waals surface area (Å²) >= 11 is 0. The van der Waals surface area contributed by atoms with Gasteiger partial charge in [-0.25, -0.2) is 8.42 Å². The van der Waals surface area contributed by atoms with Crippen molar-refractivity contribution < 1.29 is 13.5 Å². The number of aliphatic hydroxyl groups excluding tert-OH is 1. The van der Waals surface area contributed by atoms with E-state index in [4.69, 9.17) is 5.11 Å². The number of sulfone groups is 1. The van der Waals surface area contributed by atoms with E-state index < -0.39 is 9.84 Å². The number of rotatable bonds is 6. The van der Waals surface area contributed by atoms with Crippen molar-refractivity contribution in [1.29, 1.82) is 0 Å². The lowest BCUT2D eigenvalue weighted by atomic mass is 10.1. The van der Waals surface area contributed by atoms with Crippen LogP contribution in [0.4, 0.5) is 0 Å². The van der Waals surface area contributed by atoms with Gasteiger partial charge >= 0.3 is 0 Å². The van der Waals surface area contributed by atoms with Crippen LogP contribution >= 0.6 is 0 Å². The van der Waals surface area contributed by atoms with E-state index in [0.717, 1.165) is 0 Å². The van der Waals surface area contributed by atoms with Crippen molar-refractivity contribution in [3.8, 4) is 0 Å². The van der Waals surface area contributed by atoms with Crippen LogP contribution in [0.2, 0.25) is 0 Å². The number of hydrogen-bond donors (Lipinski definition) is 2. The van der Waals surface area contributed by atoms with Crippen molar-refractivity contribution in [1.82, 2.24) is 5.32 Å². The standard InChI is InChI=1S/C8H19NO3S/c1-7(6-8(2)10)9-4-5-13(3,11)12/h7-10H,4-6H2,1-3H3. The molecule has 0 aromatic rings. The maximum atomic E-state index is 10.7. The zero-order valence-electron chi connectivity index (χ0n) is 8.45. The maximum Gasteiger partial charge on any atom is 0.148 e. The monoisotopic (exact) mass is 209 g/mol. The quantitative estimate of drug-likeness (QED) is 0.635. The lowest BCUT2D eigenvalue weighted by Gasteiger charge is -2.14. The Morgan fingerprint density at radius 1 is 1.38 bits per heavy atom. The molecule has 2 atom stereocenters. The summed E-state index contributed by atoms with van der Waals surface area (Å²) in [4.78, 5) is 0. The van der Waals surface area contributed by atoms with Gasteiger partial charge < -0.3 is 10.4 Å². The summed E-state index contributed by atoms with van der Waals surface area (Å²) in [6, 6.07) is 0.154. The molecule has 0 rings (SSSR count). The molecule has 0 aromatic heterocycles. The van der Waals surface area contributed by atoms with E-state index in [0.29, 0.717) is 13.0 Å². The number of hydrogen-bond acceptors (Lipinski definition) is 4. The topological polar surface area (TPSA) is 66.4 Å². The van der Waals surface area contributed by atoms with Crippen LogP contribution in [0.25, 0.3) is 0 Å². The average Bonchev–Trinajstić information content (AvgIpc) is 1.81. The molecule has 0 aromatic carbocycles. The minimum Gasteiger partial charge on any atom is -0.393 e. The van der Waals surface area contributed by atoms with Crippen molar-refractivity contribution >= 4 is 9.84 Å². The Bertz CT molecular complexity index is 224. The van der Waals surface area contributed by atoms with Crippen LogP contribution in [0.15, 0.2) is 0 Å². The molecule has 0 fully saturated rings. The molecule has 2 N–H and O–H groups in total. The van der Waals surface area contributed by atoms with Gasteiger partial charge in [0.15, 0.2) is 0 Å². The fourth-order valence-electron chi connectivity index (χ4n) is 1.09.